The van der Waals surface area contributed by atoms with E-state index in [0.29, 0.717) is 11.6 Å². The van der Waals surface area contributed by atoms with Crippen LogP contribution in [0.25, 0.3) is 22.8 Å². The summed E-state index contributed by atoms with van der Waals surface area (Å²) in [6, 6.07) is 10.5. The van der Waals surface area contributed by atoms with E-state index in [0.717, 1.165) is 61.6 Å². The van der Waals surface area contributed by atoms with Crippen LogP contribution < -0.4 is 5.32 Å². The van der Waals surface area contributed by atoms with Gasteiger partial charge >= 0.3 is 0 Å². The zero-order valence-corrected chi connectivity index (χ0v) is 20.6. The number of benzene rings is 1. The molecule has 2 aliphatic rings. The van der Waals surface area contributed by atoms with Gasteiger partial charge in [-0.3, -0.25) is 4.90 Å². The van der Waals surface area contributed by atoms with Crippen molar-refractivity contribution in [2.75, 3.05) is 18.4 Å². The van der Waals surface area contributed by atoms with Crippen LogP contribution in [0.15, 0.2) is 59.4 Å². The molecule has 4 aromatic rings. The van der Waals surface area contributed by atoms with Crippen LogP contribution in [0.5, 0.6) is 0 Å². The molecule has 4 heterocycles. The minimum atomic E-state index is -0.203. The van der Waals surface area contributed by atoms with E-state index < -0.39 is 0 Å². The maximum Gasteiger partial charge on any atom is 0.226 e. The van der Waals surface area contributed by atoms with Gasteiger partial charge in [-0.05, 0) is 61.6 Å². The molecular weight excluding hydrogens is 455 g/mol. The number of furan rings is 1. The quantitative estimate of drug-likeness (QED) is 0.363. The van der Waals surface area contributed by atoms with Crippen LogP contribution in [-0.4, -0.2) is 43.1 Å². The number of nitrogens with one attached hydrogen (secondary N) is 1. The second kappa shape index (κ2) is 9.50. The Hall–Kier alpha value is -3.52. The van der Waals surface area contributed by atoms with Crippen molar-refractivity contribution in [3.05, 3.63) is 71.9 Å². The van der Waals surface area contributed by atoms with Gasteiger partial charge in [0.15, 0.2) is 11.4 Å². The predicted octanol–water partition coefficient (Wildman–Crippen LogP) is 5.95. The molecule has 1 saturated carbocycles. The molecule has 1 aliphatic heterocycles. The maximum atomic E-state index is 13.3. The number of anilines is 1. The molecule has 3 aromatic heterocycles. The predicted molar refractivity (Wildman–Crippen MR) is 138 cm³/mol. The largest absolute Gasteiger partial charge is 0.461 e. The third kappa shape index (κ3) is 4.65. The Morgan fingerprint density at radius 1 is 1.11 bits per heavy atom. The number of rotatable bonds is 6. The summed E-state index contributed by atoms with van der Waals surface area (Å²) in [7, 11) is 0. The van der Waals surface area contributed by atoms with Crippen molar-refractivity contribution in [2.24, 2.45) is 0 Å². The highest BCUT2D eigenvalue weighted by atomic mass is 19.1. The summed E-state index contributed by atoms with van der Waals surface area (Å²) in [6.45, 7) is 4.72. The monoisotopic (exact) mass is 486 g/mol. The Balaban J connectivity index is 1.28. The summed E-state index contributed by atoms with van der Waals surface area (Å²) in [5, 5.41) is 8.48. The van der Waals surface area contributed by atoms with E-state index >= 15 is 0 Å². The average Bonchev–Trinajstić information content (AvgIpc) is 3.58. The Bertz CT molecular complexity index is 1370. The number of aromatic nitrogens is 4. The molecule has 0 radical (unpaired) electrons. The normalized spacial score (nSPS) is 18.3. The molecule has 36 heavy (non-hydrogen) atoms. The summed E-state index contributed by atoms with van der Waals surface area (Å²) < 4.78 is 20.7. The standard InChI is InChI=1S/C28H31FN6O/c1-28(13-3-2-4-14-28)32-27-30-18-22(26-31-25(33-35(26)27)24-6-5-17-36-24)19-34-15-11-21(12-16-34)20-7-9-23(29)10-8-20/h5-11,17-18H,2-4,12-16,19H2,1H3,(H,30,32). The van der Waals surface area contributed by atoms with Gasteiger partial charge in [0.05, 0.1) is 6.26 Å². The van der Waals surface area contributed by atoms with Gasteiger partial charge < -0.3 is 9.73 Å². The lowest BCUT2D eigenvalue weighted by Crippen LogP contribution is -2.38. The fourth-order valence-electron chi connectivity index (χ4n) is 5.37. The van der Waals surface area contributed by atoms with Gasteiger partial charge in [0.1, 0.15) is 5.82 Å². The molecule has 7 nitrogen and oxygen atoms in total. The lowest BCUT2D eigenvalue weighted by Gasteiger charge is -2.35. The molecule has 1 N–H and O–H groups in total. The molecule has 8 heteroatoms. The molecule has 0 amide bonds. The first kappa shape index (κ1) is 22.9. The molecule has 1 aromatic carbocycles. The summed E-state index contributed by atoms with van der Waals surface area (Å²) in [4.78, 5) is 12.1. The number of fused-ring (bicyclic) bond motifs is 1. The van der Waals surface area contributed by atoms with Crippen LogP contribution in [0.3, 0.4) is 0 Å². The maximum absolute atomic E-state index is 13.3. The van der Waals surface area contributed by atoms with E-state index in [1.807, 2.05) is 35.0 Å². The minimum absolute atomic E-state index is 0.00487. The van der Waals surface area contributed by atoms with Gasteiger partial charge in [0.25, 0.3) is 0 Å². The average molecular weight is 487 g/mol. The highest BCUT2D eigenvalue weighted by molar-refractivity contribution is 5.66. The van der Waals surface area contributed by atoms with E-state index in [1.165, 1.54) is 37.0 Å². The van der Waals surface area contributed by atoms with Crippen molar-refractivity contribution in [3.63, 3.8) is 0 Å². The third-order valence-electron chi connectivity index (χ3n) is 7.45. The van der Waals surface area contributed by atoms with E-state index in [2.05, 4.69) is 23.2 Å². The Morgan fingerprint density at radius 2 is 1.94 bits per heavy atom. The van der Waals surface area contributed by atoms with Crippen molar-refractivity contribution in [1.29, 1.82) is 0 Å². The topological polar surface area (TPSA) is 71.5 Å². The summed E-state index contributed by atoms with van der Waals surface area (Å²) in [5.41, 5.74) is 4.18. The van der Waals surface area contributed by atoms with Crippen molar-refractivity contribution in [3.8, 4) is 11.6 Å². The second-order valence-corrected chi connectivity index (χ2v) is 10.2. The highest BCUT2D eigenvalue weighted by Crippen LogP contribution is 2.32. The lowest BCUT2D eigenvalue weighted by atomic mass is 9.83. The first-order chi connectivity index (χ1) is 17.6. The molecule has 1 fully saturated rings. The van der Waals surface area contributed by atoms with Gasteiger partial charge in [0.2, 0.25) is 11.8 Å². The zero-order valence-electron chi connectivity index (χ0n) is 20.6. The summed E-state index contributed by atoms with van der Waals surface area (Å²) >= 11 is 0. The lowest BCUT2D eigenvalue weighted by molar-refractivity contribution is 0.294. The van der Waals surface area contributed by atoms with Crippen LogP contribution in [0.4, 0.5) is 10.3 Å². The number of hydrogen-bond donors (Lipinski definition) is 1. The fourth-order valence-corrected chi connectivity index (χ4v) is 5.37. The summed E-state index contributed by atoms with van der Waals surface area (Å²) in [5.74, 6) is 1.72. The zero-order chi connectivity index (χ0) is 24.5. The Labute approximate surface area is 210 Å². The van der Waals surface area contributed by atoms with Crippen LogP contribution >= 0.6 is 0 Å². The van der Waals surface area contributed by atoms with Gasteiger partial charge in [0, 0.05) is 36.9 Å². The van der Waals surface area contributed by atoms with E-state index in [1.54, 1.807) is 6.26 Å². The first-order valence-corrected chi connectivity index (χ1v) is 12.8. The third-order valence-corrected chi connectivity index (χ3v) is 7.45. The number of hydrogen-bond acceptors (Lipinski definition) is 6. The van der Waals surface area contributed by atoms with E-state index in [-0.39, 0.29) is 11.4 Å². The minimum Gasteiger partial charge on any atom is -0.461 e. The summed E-state index contributed by atoms with van der Waals surface area (Å²) in [6.07, 6.45) is 12.7. The number of halogens is 1. The molecule has 0 bridgehead atoms. The molecule has 0 atom stereocenters. The van der Waals surface area contributed by atoms with Crippen molar-refractivity contribution in [1.82, 2.24) is 24.5 Å². The van der Waals surface area contributed by atoms with Crippen LogP contribution in [0.2, 0.25) is 0 Å². The molecule has 0 unspecified atom stereocenters. The van der Waals surface area contributed by atoms with Crippen molar-refractivity contribution >= 4 is 17.2 Å². The molecule has 0 spiro atoms. The van der Waals surface area contributed by atoms with Gasteiger partial charge in [-0.15, -0.1) is 5.10 Å². The van der Waals surface area contributed by atoms with Gasteiger partial charge in [-0.1, -0.05) is 37.5 Å². The molecule has 6 rings (SSSR count). The second-order valence-electron chi connectivity index (χ2n) is 10.2. The highest BCUT2D eigenvalue weighted by Gasteiger charge is 2.29. The van der Waals surface area contributed by atoms with Crippen molar-refractivity contribution < 1.29 is 8.81 Å². The van der Waals surface area contributed by atoms with Gasteiger partial charge in [-0.2, -0.15) is 4.52 Å². The molecular formula is C28H31FN6O. The van der Waals surface area contributed by atoms with E-state index in [4.69, 9.17) is 19.5 Å². The Kier molecular flexibility index (Phi) is 6.05. The molecule has 186 valence electrons. The van der Waals surface area contributed by atoms with Gasteiger partial charge in [-0.25, -0.2) is 14.4 Å². The van der Waals surface area contributed by atoms with Crippen molar-refractivity contribution in [2.45, 2.75) is 57.5 Å². The smallest absolute Gasteiger partial charge is 0.226 e. The molecule has 0 saturated heterocycles. The molecule has 1 aliphatic carbocycles. The SMILES string of the molecule is CC1(Nc2ncc(CN3CC=C(c4ccc(F)cc4)CC3)c3nc(-c4ccco4)nn23)CCCCC1. The van der Waals surface area contributed by atoms with Crippen LogP contribution in [-0.2, 0) is 6.54 Å². The van der Waals surface area contributed by atoms with Crippen LogP contribution in [0.1, 0.15) is 56.6 Å². The number of nitrogens with zero attached hydrogens (tertiary/aromatic N) is 5. The fraction of sp³-hybridized carbons (Fsp3) is 0.393. The Morgan fingerprint density at radius 3 is 2.67 bits per heavy atom. The van der Waals surface area contributed by atoms with Crippen LogP contribution in [0, 0.1) is 5.82 Å². The first-order valence-electron chi connectivity index (χ1n) is 12.8. The van der Waals surface area contributed by atoms with E-state index in [9.17, 15) is 4.39 Å².